The van der Waals surface area contributed by atoms with Gasteiger partial charge in [0, 0.05) is 0 Å². The van der Waals surface area contributed by atoms with Gasteiger partial charge in [0.15, 0.2) is 0 Å². The SMILES string of the molecule is CO[Si-]123OCC[N+]1(CCO2)CCO3. The van der Waals surface area contributed by atoms with E-state index >= 15 is 0 Å². The normalized spacial score (nSPS) is 47.9. The molecule has 0 aromatic rings. The minimum absolute atomic E-state index is 0.710. The van der Waals surface area contributed by atoms with Crippen molar-refractivity contribution < 1.29 is 21.9 Å². The molecular weight excluding hydrogens is 190 g/mol. The fourth-order valence-corrected chi connectivity index (χ4v) is 7.44. The van der Waals surface area contributed by atoms with Crippen LogP contribution in [0.1, 0.15) is 0 Å². The summed E-state index contributed by atoms with van der Waals surface area (Å²) in [5, 5.41) is 0. The van der Waals surface area contributed by atoms with Crippen molar-refractivity contribution in [3.8, 4) is 0 Å². The van der Waals surface area contributed by atoms with E-state index in [4.69, 9.17) is 17.7 Å². The van der Waals surface area contributed by atoms with Crippen LogP contribution in [-0.4, -0.2) is 59.2 Å². The molecular formula is C7H15NO4Si. The standard InChI is InChI=1S/C7H15NO4Si/c1-9-13-8(2-5-10-13,3-6-11-13)4-7-12-13/h2-7H2,1H3. The molecule has 0 saturated carbocycles. The number of hydrogen-bond acceptors (Lipinski definition) is 4. The first kappa shape index (κ1) is 8.34. The molecule has 3 aliphatic heterocycles. The van der Waals surface area contributed by atoms with Crippen LogP contribution in [0.4, 0.5) is 0 Å². The van der Waals surface area contributed by atoms with E-state index in [2.05, 4.69) is 0 Å². The molecule has 3 fully saturated rings. The molecule has 0 bridgehead atoms. The van der Waals surface area contributed by atoms with Gasteiger partial charge in [-0.2, -0.15) is 0 Å². The van der Waals surface area contributed by atoms with Crippen LogP contribution in [0.15, 0.2) is 0 Å². The molecule has 3 saturated heterocycles. The van der Waals surface area contributed by atoms with Gasteiger partial charge in [-0.05, 0) is 0 Å². The first-order valence-electron chi connectivity index (χ1n) is 4.76. The Morgan fingerprint density at radius 2 is 1.46 bits per heavy atom. The number of hydrogen-bond donors (Lipinski definition) is 0. The van der Waals surface area contributed by atoms with Crippen molar-refractivity contribution in [2.75, 3.05) is 46.6 Å². The van der Waals surface area contributed by atoms with Crippen molar-refractivity contribution in [2.45, 2.75) is 0 Å². The summed E-state index contributed by atoms with van der Waals surface area (Å²) >= 11 is 0. The Morgan fingerprint density at radius 3 is 1.77 bits per heavy atom. The number of rotatable bonds is 1. The average Bonchev–Trinajstić information content (AvgIpc) is 2.60. The molecule has 0 unspecified atom stereocenters. The van der Waals surface area contributed by atoms with Gasteiger partial charge in [0.25, 0.3) is 0 Å². The Morgan fingerprint density at radius 1 is 1.00 bits per heavy atom. The Kier molecular flexibility index (Phi) is 1.38. The van der Waals surface area contributed by atoms with E-state index in [0.29, 0.717) is 19.8 Å². The summed E-state index contributed by atoms with van der Waals surface area (Å²) in [5.41, 5.74) is 0. The van der Waals surface area contributed by atoms with Gasteiger partial charge in [-0.15, -0.1) is 0 Å². The van der Waals surface area contributed by atoms with Crippen LogP contribution in [0.5, 0.6) is 0 Å². The van der Waals surface area contributed by atoms with Crippen molar-refractivity contribution >= 4 is 8.49 Å². The maximum atomic E-state index is 5.77. The van der Waals surface area contributed by atoms with Crippen LogP contribution in [-0.2, 0) is 17.7 Å². The fraction of sp³-hybridized carbons (Fsp3) is 1.00. The van der Waals surface area contributed by atoms with Gasteiger partial charge >= 0.3 is 76.9 Å². The first-order valence-corrected chi connectivity index (χ1v) is 6.84. The van der Waals surface area contributed by atoms with Crippen molar-refractivity contribution in [1.29, 1.82) is 0 Å². The Balaban J connectivity index is 2.16. The Hall–Kier alpha value is 0.0169. The third kappa shape index (κ3) is 0.652. The number of quaternary nitrogens is 1. The summed E-state index contributed by atoms with van der Waals surface area (Å²) in [7, 11) is -1.76. The Labute approximate surface area is 77.7 Å². The second-order valence-corrected chi connectivity index (χ2v) is 7.88. The molecule has 0 amide bonds. The summed E-state index contributed by atoms with van der Waals surface area (Å²) in [5.74, 6) is 0. The summed E-state index contributed by atoms with van der Waals surface area (Å²) in [6, 6.07) is 0. The topological polar surface area (TPSA) is 36.9 Å². The summed E-state index contributed by atoms with van der Waals surface area (Å²) in [6.45, 7) is 5.09. The molecule has 0 atom stereocenters. The monoisotopic (exact) mass is 205 g/mol. The van der Waals surface area contributed by atoms with E-state index in [1.54, 1.807) is 7.11 Å². The molecule has 13 heavy (non-hydrogen) atoms. The van der Waals surface area contributed by atoms with Crippen LogP contribution in [0, 0.1) is 0 Å². The minimum atomic E-state index is -3.42. The summed E-state index contributed by atoms with van der Waals surface area (Å²) in [4.78, 5) is 0. The van der Waals surface area contributed by atoms with E-state index in [-0.39, 0.29) is 0 Å². The summed E-state index contributed by atoms with van der Waals surface area (Å²) in [6.07, 6.45) is 0. The van der Waals surface area contributed by atoms with Crippen molar-refractivity contribution in [3.05, 3.63) is 0 Å². The molecule has 6 heteroatoms. The van der Waals surface area contributed by atoms with Gasteiger partial charge in [-0.1, -0.05) is 0 Å². The maximum absolute atomic E-state index is 5.77. The van der Waals surface area contributed by atoms with E-state index < -0.39 is 8.49 Å². The molecule has 0 radical (unpaired) electrons. The fourth-order valence-electron chi connectivity index (χ4n) is 2.96. The zero-order valence-corrected chi connectivity index (χ0v) is 8.82. The molecule has 0 aromatic carbocycles. The summed E-state index contributed by atoms with van der Waals surface area (Å²) < 4.78 is 23.7. The molecule has 76 valence electrons. The van der Waals surface area contributed by atoms with E-state index in [0.717, 1.165) is 23.8 Å². The van der Waals surface area contributed by atoms with Crippen LogP contribution >= 0.6 is 0 Å². The molecule has 3 rings (SSSR count). The van der Waals surface area contributed by atoms with Crippen LogP contribution < -0.4 is 0 Å². The van der Waals surface area contributed by atoms with E-state index in [9.17, 15) is 0 Å². The van der Waals surface area contributed by atoms with E-state index in [1.807, 2.05) is 0 Å². The second-order valence-electron chi connectivity index (χ2n) is 3.93. The first-order chi connectivity index (χ1) is 6.26. The third-order valence-corrected chi connectivity index (χ3v) is 8.67. The predicted octanol–water partition coefficient (Wildman–Crippen LogP) is -0.574. The van der Waals surface area contributed by atoms with Gasteiger partial charge < -0.3 is 0 Å². The molecule has 3 heterocycles. The molecule has 5 nitrogen and oxygen atoms in total. The van der Waals surface area contributed by atoms with Gasteiger partial charge in [-0.25, -0.2) is 0 Å². The predicted molar refractivity (Wildman–Crippen MR) is 45.5 cm³/mol. The molecule has 0 aliphatic carbocycles. The average molecular weight is 205 g/mol. The van der Waals surface area contributed by atoms with Gasteiger partial charge in [0.05, 0.1) is 0 Å². The van der Waals surface area contributed by atoms with Crippen LogP contribution in [0.2, 0.25) is 0 Å². The third-order valence-electron chi connectivity index (χ3n) is 3.70. The quantitative estimate of drug-likeness (QED) is 0.537. The second kappa shape index (κ2) is 2.15. The zero-order valence-electron chi connectivity index (χ0n) is 7.82. The molecule has 0 spiro atoms. The van der Waals surface area contributed by atoms with Gasteiger partial charge in [-0.3, -0.25) is 0 Å². The Bertz CT molecular complexity index is 227. The molecule has 0 N–H and O–H groups in total. The zero-order chi connectivity index (χ0) is 9.02. The molecule has 0 aromatic heterocycles. The number of nitrogens with zero attached hydrogens (tertiary/aromatic N) is 1. The van der Waals surface area contributed by atoms with Gasteiger partial charge in [0.2, 0.25) is 0 Å². The van der Waals surface area contributed by atoms with E-state index in [1.165, 1.54) is 0 Å². The van der Waals surface area contributed by atoms with Gasteiger partial charge in [0.1, 0.15) is 0 Å². The molecule has 3 aliphatic rings. The van der Waals surface area contributed by atoms with Crippen molar-refractivity contribution in [3.63, 3.8) is 0 Å². The van der Waals surface area contributed by atoms with Crippen molar-refractivity contribution in [2.24, 2.45) is 0 Å². The van der Waals surface area contributed by atoms with Crippen LogP contribution in [0.25, 0.3) is 0 Å². The van der Waals surface area contributed by atoms with Crippen LogP contribution in [0.3, 0.4) is 0 Å². The van der Waals surface area contributed by atoms with Crippen molar-refractivity contribution in [1.82, 2.24) is 0 Å².